The summed E-state index contributed by atoms with van der Waals surface area (Å²) in [6.45, 7) is 5.90. The molecule has 0 bridgehead atoms. The van der Waals surface area contributed by atoms with Crippen LogP contribution in [-0.4, -0.2) is 14.8 Å². The van der Waals surface area contributed by atoms with E-state index in [2.05, 4.69) is 10.2 Å². The molecule has 3 nitrogen and oxygen atoms in total. The molecular formula is C14H16ClF2N3. The molecule has 0 radical (unpaired) electrons. The van der Waals surface area contributed by atoms with Crippen LogP contribution in [-0.2, 0) is 17.8 Å². The second-order valence-corrected chi connectivity index (χ2v) is 5.82. The van der Waals surface area contributed by atoms with Gasteiger partial charge in [-0.1, -0.05) is 6.07 Å². The predicted octanol–water partition coefficient (Wildman–Crippen LogP) is 3.64. The first-order valence-corrected chi connectivity index (χ1v) is 6.80. The van der Waals surface area contributed by atoms with E-state index < -0.39 is 11.6 Å². The van der Waals surface area contributed by atoms with Gasteiger partial charge in [-0.05, 0) is 32.9 Å². The molecule has 0 unspecified atom stereocenters. The SMILES string of the molecule is CC(C)(C)n1c(CCl)nnc1Cc1c(F)cccc1F. The van der Waals surface area contributed by atoms with E-state index in [4.69, 9.17) is 11.6 Å². The van der Waals surface area contributed by atoms with Crippen LogP contribution in [0.3, 0.4) is 0 Å². The van der Waals surface area contributed by atoms with Crippen LogP contribution in [0.2, 0.25) is 0 Å². The lowest BCUT2D eigenvalue weighted by Crippen LogP contribution is -2.26. The van der Waals surface area contributed by atoms with E-state index >= 15 is 0 Å². The van der Waals surface area contributed by atoms with Crippen molar-refractivity contribution in [3.05, 3.63) is 47.0 Å². The fourth-order valence-corrected chi connectivity index (χ4v) is 2.36. The Labute approximate surface area is 121 Å². The van der Waals surface area contributed by atoms with Crippen molar-refractivity contribution in [3.8, 4) is 0 Å². The van der Waals surface area contributed by atoms with E-state index in [1.54, 1.807) is 0 Å². The van der Waals surface area contributed by atoms with E-state index in [9.17, 15) is 8.78 Å². The van der Waals surface area contributed by atoms with Gasteiger partial charge in [0.05, 0.1) is 5.88 Å². The Balaban J connectivity index is 2.47. The van der Waals surface area contributed by atoms with Gasteiger partial charge in [-0.3, -0.25) is 0 Å². The van der Waals surface area contributed by atoms with Crippen molar-refractivity contribution in [1.29, 1.82) is 0 Å². The van der Waals surface area contributed by atoms with E-state index in [1.165, 1.54) is 18.2 Å². The first-order valence-electron chi connectivity index (χ1n) is 6.27. The van der Waals surface area contributed by atoms with Crippen molar-refractivity contribution in [2.24, 2.45) is 0 Å². The number of hydrogen-bond donors (Lipinski definition) is 0. The monoisotopic (exact) mass is 299 g/mol. The second-order valence-electron chi connectivity index (χ2n) is 5.55. The molecule has 0 saturated heterocycles. The molecule has 20 heavy (non-hydrogen) atoms. The van der Waals surface area contributed by atoms with Gasteiger partial charge in [0, 0.05) is 17.5 Å². The van der Waals surface area contributed by atoms with Gasteiger partial charge in [-0.15, -0.1) is 21.8 Å². The lowest BCUT2D eigenvalue weighted by atomic mass is 10.1. The minimum atomic E-state index is -0.583. The van der Waals surface area contributed by atoms with Crippen LogP contribution in [0.1, 0.15) is 38.0 Å². The maximum atomic E-state index is 13.7. The number of rotatable bonds is 3. The van der Waals surface area contributed by atoms with Gasteiger partial charge in [0.2, 0.25) is 0 Å². The molecule has 6 heteroatoms. The first-order chi connectivity index (χ1) is 9.34. The van der Waals surface area contributed by atoms with Crippen LogP contribution in [0.15, 0.2) is 18.2 Å². The van der Waals surface area contributed by atoms with Crippen molar-refractivity contribution in [2.45, 2.75) is 38.6 Å². The van der Waals surface area contributed by atoms with Gasteiger partial charge >= 0.3 is 0 Å². The number of aromatic nitrogens is 3. The van der Waals surface area contributed by atoms with Gasteiger partial charge in [-0.25, -0.2) is 8.78 Å². The van der Waals surface area contributed by atoms with Crippen molar-refractivity contribution >= 4 is 11.6 Å². The Morgan fingerprint density at radius 2 is 1.65 bits per heavy atom. The van der Waals surface area contributed by atoms with Crippen LogP contribution >= 0.6 is 11.6 Å². The average molecular weight is 300 g/mol. The lowest BCUT2D eigenvalue weighted by molar-refractivity contribution is 0.373. The van der Waals surface area contributed by atoms with Crippen molar-refractivity contribution in [1.82, 2.24) is 14.8 Å². The zero-order chi connectivity index (χ0) is 14.9. The molecule has 0 fully saturated rings. The standard InChI is InChI=1S/C14H16ClF2N3/c1-14(2,3)20-12(18-19-13(20)8-15)7-9-10(16)5-4-6-11(9)17/h4-6H,7-8H2,1-3H3. The maximum Gasteiger partial charge on any atom is 0.148 e. The largest absolute Gasteiger partial charge is 0.308 e. The Morgan fingerprint density at radius 1 is 1.10 bits per heavy atom. The van der Waals surface area contributed by atoms with Crippen molar-refractivity contribution < 1.29 is 8.78 Å². The Hall–Kier alpha value is -1.49. The van der Waals surface area contributed by atoms with Crippen LogP contribution < -0.4 is 0 Å². The topological polar surface area (TPSA) is 30.7 Å². The number of nitrogens with zero attached hydrogens (tertiary/aromatic N) is 3. The summed E-state index contributed by atoms with van der Waals surface area (Å²) in [7, 11) is 0. The van der Waals surface area contributed by atoms with E-state index in [-0.39, 0.29) is 23.4 Å². The van der Waals surface area contributed by atoms with Crippen LogP contribution in [0.4, 0.5) is 8.78 Å². The van der Waals surface area contributed by atoms with Crippen molar-refractivity contribution in [3.63, 3.8) is 0 Å². The summed E-state index contributed by atoms with van der Waals surface area (Å²) in [4.78, 5) is 0. The Kier molecular flexibility index (Phi) is 4.09. The molecule has 1 aromatic carbocycles. The van der Waals surface area contributed by atoms with Gasteiger partial charge in [0.1, 0.15) is 23.3 Å². The minimum Gasteiger partial charge on any atom is -0.308 e. The highest BCUT2D eigenvalue weighted by Crippen LogP contribution is 2.23. The molecule has 2 rings (SSSR count). The average Bonchev–Trinajstić information content (AvgIpc) is 2.76. The molecule has 108 valence electrons. The zero-order valence-corrected chi connectivity index (χ0v) is 12.4. The number of hydrogen-bond acceptors (Lipinski definition) is 2. The van der Waals surface area contributed by atoms with Gasteiger partial charge in [0.25, 0.3) is 0 Å². The quantitative estimate of drug-likeness (QED) is 0.810. The molecule has 1 heterocycles. The zero-order valence-electron chi connectivity index (χ0n) is 11.6. The highest BCUT2D eigenvalue weighted by molar-refractivity contribution is 6.16. The molecule has 0 amide bonds. The van der Waals surface area contributed by atoms with Gasteiger partial charge in [-0.2, -0.15) is 0 Å². The molecule has 1 aromatic heterocycles. The maximum absolute atomic E-state index is 13.7. The summed E-state index contributed by atoms with van der Waals surface area (Å²) in [6.07, 6.45) is 0.0413. The summed E-state index contributed by atoms with van der Waals surface area (Å²) >= 11 is 5.85. The fraction of sp³-hybridized carbons (Fsp3) is 0.429. The van der Waals surface area contributed by atoms with Crippen molar-refractivity contribution in [2.75, 3.05) is 0 Å². The van der Waals surface area contributed by atoms with E-state index in [0.717, 1.165) is 0 Å². The molecule has 0 aliphatic carbocycles. The normalized spacial score (nSPS) is 11.9. The highest BCUT2D eigenvalue weighted by Gasteiger charge is 2.24. The number of alkyl halides is 1. The van der Waals surface area contributed by atoms with Crippen LogP contribution in [0.5, 0.6) is 0 Å². The summed E-state index contributed by atoms with van der Waals surface area (Å²) < 4.78 is 29.3. The summed E-state index contributed by atoms with van der Waals surface area (Å²) in [6, 6.07) is 3.81. The van der Waals surface area contributed by atoms with Gasteiger partial charge in [0.15, 0.2) is 0 Å². The Morgan fingerprint density at radius 3 is 2.15 bits per heavy atom. The molecule has 0 aliphatic rings. The smallest absolute Gasteiger partial charge is 0.148 e. The number of benzene rings is 1. The third-order valence-corrected chi connectivity index (χ3v) is 3.22. The highest BCUT2D eigenvalue weighted by atomic mass is 35.5. The number of halogens is 3. The predicted molar refractivity (Wildman–Crippen MR) is 73.7 cm³/mol. The van der Waals surface area contributed by atoms with Crippen LogP contribution in [0, 0.1) is 11.6 Å². The van der Waals surface area contributed by atoms with E-state index in [0.29, 0.717) is 11.6 Å². The summed E-state index contributed by atoms with van der Waals surface area (Å²) in [5.74, 6) is 0.120. The molecule has 0 N–H and O–H groups in total. The first kappa shape index (κ1) is 14.9. The lowest BCUT2D eigenvalue weighted by Gasteiger charge is -2.24. The van der Waals surface area contributed by atoms with E-state index in [1.807, 2.05) is 25.3 Å². The molecule has 0 saturated carbocycles. The molecular weight excluding hydrogens is 284 g/mol. The Bertz CT molecular complexity index is 597. The minimum absolute atomic E-state index is 0.00785. The second kappa shape index (κ2) is 5.48. The molecule has 0 spiro atoms. The molecule has 2 aromatic rings. The third kappa shape index (κ3) is 2.82. The third-order valence-electron chi connectivity index (χ3n) is 2.98. The van der Waals surface area contributed by atoms with Crippen LogP contribution in [0.25, 0.3) is 0 Å². The summed E-state index contributed by atoms with van der Waals surface area (Å²) in [5.41, 5.74) is -0.323. The summed E-state index contributed by atoms with van der Waals surface area (Å²) in [5, 5.41) is 8.02. The fourth-order valence-electron chi connectivity index (χ4n) is 2.19. The van der Waals surface area contributed by atoms with Gasteiger partial charge < -0.3 is 4.57 Å². The molecule has 0 atom stereocenters. The molecule has 0 aliphatic heterocycles.